The molecule has 5 heteroatoms. The fourth-order valence-corrected chi connectivity index (χ4v) is 1.60. The van der Waals surface area contributed by atoms with Gasteiger partial charge in [-0.2, -0.15) is 0 Å². The highest BCUT2D eigenvalue weighted by Crippen LogP contribution is 2.04. The lowest BCUT2D eigenvalue weighted by atomic mass is 10.2. The molecule has 0 N–H and O–H groups in total. The lowest BCUT2D eigenvalue weighted by Gasteiger charge is -2.00. The third-order valence-electron chi connectivity index (χ3n) is 2.40. The van der Waals surface area contributed by atoms with E-state index in [1.54, 1.807) is 12.4 Å². The van der Waals surface area contributed by atoms with Crippen LogP contribution in [0.25, 0.3) is 16.5 Å². The summed E-state index contributed by atoms with van der Waals surface area (Å²) in [7, 11) is 0. The minimum absolute atomic E-state index is 0.349. The van der Waals surface area contributed by atoms with Crippen molar-refractivity contribution in [2.75, 3.05) is 6.54 Å². The minimum Gasteiger partial charge on any atom is -0.332 e. The molecule has 2 aromatic rings. The van der Waals surface area contributed by atoms with Crippen molar-refractivity contribution in [3.05, 3.63) is 70.6 Å². The highest BCUT2D eigenvalue weighted by atomic mass is 15.1. The first-order valence-electron chi connectivity index (χ1n) is 5.61. The second-order valence-electron chi connectivity index (χ2n) is 3.77. The van der Waals surface area contributed by atoms with E-state index < -0.39 is 0 Å². The zero-order valence-electron chi connectivity index (χ0n) is 9.85. The summed E-state index contributed by atoms with van der Waals surface area (Å²) < 4.78 is 2.02. The van der Waals surface area contributed by atoms with Crippen molar-refractivity contribution in [3.63, 3.8) is 0 Å². The van der Waals surface area contributed by atoms with Gasteiger partial charge in [-0.3, -0.25) is 0 Å². The van der Waals surface area contributed by atoms with Gasteiger partial charge in [-0.25, -0.2) is 4.98 Å². The van der Waals surface area contributed by atoms with Crippen molar-refractivity contribution in [2.24, 2.45) is 5.11 Å². The molecule has 0 saturated carbocycles. The Morgan fingerprint density at radius 2 is 2.17 bits per heavy atom. The molecule has 0 amide bonds. The van der Waals surface area contributed by atoms with Gasteiger partial charge in [0.15, 0.2) is 0 Å². The topological polar surface area (TPSA) is 66.6 Å². The average Bonchev–Trinajstić information content (AvgIpc) is 2.84. The van der Waals surface area contributed by atoms with Crippen LogP contribution in [0, 0.1) is 0 Å². The first-order chi connectivity index (χ1) is 8.88. The number of azide groups is 1. The van der Waals surface area contributed by atoms with Crippen LogP contribution < -0.4 is 0 Å². The molecule has 0 spiro atoms. The molecule has 0 bridgehead atoms. The maximum atomic E-state index is 8.14. The molecule has 0 atom stereocenters. The van der Waals surface area contributed by atoms with Crippen LogP contribution in [-0.2, 0) is 6.54 Å². The maximum Gasteiger partial charge on any atom is 0.0956 e. The summed E-state index contributed by atoms with van der Waals surface area (Å²) in [6, 6.07) is 10.2. The van der Waals surface area contributed by atoms with Crippen molar-refractivity contribution in [1.29, 1.82) is 0 Å². The highest BCUT2D eigenvalue weighted by Gasteiger charge is 1.96. The van der Waals surface area contributed by atoms with Crippen LogP contribution in [0.1, 0.15) is 11.3 Å². The van der Waals surface area contributed by atoms with Crippen molar-refractivity contribution in [3.8, 4) is 0 Å². The Morgan fingerprint density at radius 1 is 1.33 bits per heavy atom. The van der Waals surface area contributed by atoms with Gasteiger partial charge in [0.25, 0.3) is 0 Å². The lowest BCUT2D eigenvalue weighted by Crippen LogP contribution is -1.95. The SMILES string of the molecule is [N-]=[N+]=NC/C=C/c1cn(Cc2ccccc2)cn1. The van der Waals surface area contributed by atoms with Crippen LogP contribution in [0.5, 0.6) is 0 Å². The van der Waals surface area contributed by atoms with E-state index in [9.17, 15) is 0 Å². The number of nitrogens with zero attached hydrogens (tertiary/aromatic N) is 5. The average molecular weight is 239 g/mol. The van der Waals surface area contributed by atoms with Gasteiger partial charge in [-0.05, 0) is 17.2 Å². The smallest absolute Gasteiger partial charge is 0.0956 e. The van der Waals surface area contributed by atoms with Crippen LogP contribution in [0.15, 0.2) is 54.0 Å². The zero-order valence-corrected chi connectivity index (χ0v) is 9.85. The molecule has 0 aliphatic rings. The molecule has 0 fully saturated rings. The van der Waals surface area contributed by atoms with Gasteiger partial charge in [0.1, 0.15) is 0 Å². The summed E-state index contributed by atoms with van der Waals surface area (Å²) in [6.07, 6.45) is 7.38. The largest absolute Gasteiger partial charge is 0.332 e. The quantitative estimate of drug-likeness (QED) is 0.448. The van der Waals surface area contributed by atoms with Crippen molar-refractivity contribution in [1.82, 2.24) is 9.55 Å². The number of aromatic nitrogens is 2. The monoisotopic (exact) mass is 239 g/mol. The van der Waals surface area contributed by atoms with Crippen molar-refractivity contribution >= 4 is 6.08 Å². The molecule has 1 aromatic carbocycles. The normalized spacial score (nSPS) is 10.4. The third-order valence-corrected chi connectivity index (χ3v) is 2.40. The van der Waals surface area contributed by atoms with Crippen molar-refractivity contribution < 1.29 is 0 Å². The van der Waals surface area contributed by atoms with Gasteiger partial charge >= 0.3 is 0 Å². The maximum absolute atomic E-state index is 8.14. The first-order valence-corrected chi connectivity index (χ1v) is 5.61. The fourth-order valence-electron chi connectivity index (χ4n) is 1.60. The van der Waals surface area contributed by atoms with Gasteiger partial charge in [0, 0.05) is 24.2 Å². The molecule has 0 saturated heterocycles. The molecule has 5 nitrogen and oxygen atoms in total. The molecule has 0 aliphatic carbocycles. The number of rotatable bonds is 5. The summed E-state index contributed by atoms with van der Waals surface area (Å²) in [5.41, 5.74) is 10.2. The van der Waals surface area contributed by atoms with Gasteiger partial charge < -0.3 is 4.57 Å². The first kappa shape index (κ1) is 12.0. The summed E-state index contributed by atoms with van der Waals surface area (Å²) in [6.45, 7) is 1.15. The van der Waals surface area contributed by atoms with E-state index in [2.05, 4.69) is 27.1 Å². The van der Waals surface area contributed by atoms with Gasteiger partial charge in [0.2, 0.25) is 0 Å². The molecule has 90 valence electrons. The Hall–Kier alpha value is -2.52. The third kappa shape index (κ3) is 3.50. The predicted octanol–water partition coefficient (Wildman–Crippen LogP) is 3.25. The van der Waals surface area contributed by atoms with Gasteiger partial charge in [0.05, 0.1) is 12.0 Å². The van der Waals surface area contributed by atoms with E-state index in [4.69, 9.17) is 5.53 Å². The standard InChI is InChI=1S/C13H13N5/c14-17-16-8-4-7-13-10-18(11-15-13)9-12-5-2-1-3-6-12/h1-7,10-11H,8-9H2/b7-4+. The molecule has 1 heterocycles. The Bertz CT molecular complexity index is 564. The van der Waals surface area contributed by atoms with Gasteiger partial charge in [-0.15, -0.1) is 0 Å². The number of imidazole rings is 1. The Kier molecular flexibility index (Phi) is 4.16. The van der Waals surface area contributed by atoms with Crippen LogP contribution in [0.2, 0.25) is 0 Å². The number of hydrogen-bond donors (Lipinski definition) is 0. The fraction of sp³-hybridized carbons (Fsp3) is 0.154. The molecular weight excluding hydrogens is 226 g/mol. The second-order valence-corrected chi connectivity index (χ2v) is 3.77. The molecule has 0 radical (unpaired) electrons. The van der Waals surface area contributed by atoms with E-state index in [0.29, 0.717) is 6.54 Å². The molecule has 1 aromatic heterocycles. The van der Waals surface area contributed by atoms with E-state index in [1.807, 2.05) is 35.0 Å². The predicted molar refractivity (Wildman–Crippen MR) is 70.8 cm³/mol. The van der Waals surface area contributed by atoms with E-state index in [0.717, 1.165) is 12.2 Å². The molecule has 2 rings (SSSR count). The van der Waals surface area contributed by atoms with Crippen LogP contribution in [0.4, 0.5) is 0 Å². The Labute approximate surface area is 105 Å². The molecular formula is C13H13N5. The van der Waals surface area contributed by atoms with Crippen LogP contribution in [0.3, 0.4) is 0 Å². The van der Waals surface area contributed by atoms with Crippen LogP contribution >= 0.6 is 0 Å². The highest BCUT2D eigenvalue weighted by molar-refractivity contribution is 5.43. The zero-order chi connectivity index (χ0) is 12.6. The lowest BCUT2D eigenvalue weighted by molar-refractivity contribution is 0.797. The second kappa shape index (κ2) is 6.27. The van der Waals surface area contributed by atoms with E-state index in [-0.39, 0.29) is 0 Å². The van der Waals surface area contributed by atoms with Crippen molar-refractivity contribution in [2.45, 2.75) is 6.54 Å². The number of benzene rings is 1. The number of hydrogen-bond acceptors (Lipinski definition) is 2. The van der Waals surface area contributed by atoms with Crippen LogP contribution in [-0.4, -0.2) is 16.1 Å². The summed E-state index contributed by atoms with van der Waals surface area (Å²) >= 11 is 0. The minimum atomic E-state index is 0.349. The summed E-state index contributed by atoms with van der Waals surface area (Å²) in [4.78, 5) is 6.93. The van der Waals surface area contributed by atoms with E-state index >= 15 is 0 Å². The molecule has 18 heavy (non-hydrogen) atoms. The molecule has 0 aliphatic heterocycles. The van der Waals surface area contributed by atoms with E-state index in [1.165, 1.54) is 5.56 Å². The van der Waals surface area contributed by atoms with Gasteiger partial charge in [-0.1, -0.05) is 41.5 Å². The summed E-state index contributed by atoms with van der Waals surface area (Å²) in [5, 5.41) is 3.42. The Balaban J connectivity index is 1.98. The summed E-state index contributed by atoms with van der Waals surface area (Å²) in [5.74, 6) is 0. The molecule has 0 unspecified atom stereocenters. The Morgan fingerprint density at radius 3 is 2.94 bits per heavy atom.